The smallest absolute Gasteiger partial charge is 0.331 e. The zero-order valence-corrected chi connectivity index (χ0v) is 15.9. The first-order chi connectivity index (χ1) is 12.3. The van der Waals surface area contributed by atoms with Gasteiger partial charge >= 0.3 is 5.97 Å². The van der Waals surface area contributed by atoms with Gasteiger partial charge in [-0.2, -0.15) is 0 Å². The Morgan fingerprint density at radius 2 is 2.12 bits per heavy atom. The van der Waals surface area contributed by atoms with Crippen LogP contribution in [0.15, 0.2) is 36.0 Å². The van der Waals surface area contributed by atoms with Crippen molar-refractivity contribution in [3.8, 4) is 0 Å². The summed E-state index contributed by atoms with van der Waals surface area (Å²) < 4.78 is 18.1. The maximum Gasteiger partial charge on any atom is 0.331 e. The predicted octanol–water partition coefficient (Wildman–Crippen LogP) is 2.69. The summed E-state index contributed by atoms with van der Waals surface area (Å²) in [4.78, 5) is 12.4. The molecule has 2 aliphatic carbocycles. The SMILES string of the molecule is C/C=C/C=C/C(=O)O[C@@H]1[C@@H](O)[C@H]2O[C@@H]3C=C(C)CC[C@]3(C)[C@]1(C)[C@]21CO1. The van der Waals surface area contributed by atoms with Crippen LogP contribution in [-0.4, -0.2) is 47.7 Å². The standard InChI is InChI=1S/C21H28O5/c1-5-6-7-8-15(22)26-17-16(23)18-21(12-24-21)20(17,4)19(3)10-9-13(2)11-14(19)25-18/h5-8,11,14,16-18,23H,9-10,12H2,1-4H3/b6-5+,8-7+/t14-,16-,17-,18-,19+,20-,21+/m1/s1. The van der Waals surface area contributed by atoms with Crippen LogP contribution >= 0.6 is 0 Å². The Kier molecular flexibility index (Phi) is 3.99. The van der Waals surface area contributed by atoms with Crippen LogP contribution in [0.2, 0.25) is 0 Å². The molecule has 142 valence electrons. The molecule has 3 fully saturated rings. The van der Waals surface area contributed by atoms with Crippen molar-refractivity contribution in [3.63, 3.8) is 0 Å². The van der Waals surface area contributed by atoms with Gasteiger partial charge in [-0.1, -0.05) is 43.7 Å². The molecular weight excluding hydrogens is 332 g/mol. The van der Waals surface area contributed by atoms with Crippen LogP contribution in [0.5, 0.6) is 0 Å². The van der Waals surface area contributed by atoms with Crippen molar-refractivity contribution in [3.05, 3.63) is 36.0 Å². The van der Waals surface area contributed by atoms with E-state index in [4.69, 9.17) is 14.2 Å². The van der Waals surface area contributed by atoms with E-state index in [9.17, 15) is 9.90 Å². The third kappa shape index (κ3) is 2.11. The Hall–Kier alpha value is -1.43. The highest BCUT2D eigenvalue weighted by atomic mass is 16.6. The van der Waals surface area contributed by atoms with E-state index in [1.54, 1.807) is 12.2 Å². The molecule has 2 bridgehead atoms. The summed E-state index contributed by atoms with van der Waals surface area (Å²) in [6.45, 7) is 8.84. The van der Waals surface area contributed by atoms with Crippen molar-refractivity contribution in [1.29, 1.82) is 0 Å². The monoisotopic (exact) mass is 360 g/mol. The molecule has 2 heterocycles. The molecule has 0 amide bonds. The Balaban J connectivity index is 1.71. The number of carbonyl (C=O) groups is 1. The fourth-order valence-electron chi connectivity index (χ4n) is 5.48. The first-order valence-electron chi connectivity index (χ1n) is 9.45. The summed E-state index contributed by atoms with van der Waals surface area (Å²) in [6.07, 6.45) is 8.61. The Labute approximate surface area is 154 Å². The lowest BCUT2D eigenvalue weighted by atomic mass is 9.52. The summed E-state index contributed by atoms with van der Waals surface area (Å²) in [5.41, 5.74) is -0.0293. The zero-order chi connectivity index (χ0) is 18.7. The van der Waals surface area contributed by atoms with Gasteiger partial charge < -0.3 is 19.3 Å². The fraction of sp³-hybridized carbons (Fsp3) is 0.667. The van der Waals surface area contributed by atoms with Crippen LogP contribution in [0.1, 0.15) is 40.5 Å². The van der Waals surface area contributed by atoms with Crippen LogP contribution < -0.4 is 0 Å². The van der Waals surface area contributed by atoms with Crippen molar-refractivity contribution in [2.75, 3.05) is 6.61 Å². The first-order valence-corrected chi connectivity index (χ1v) is 9.45. The minimum Gasteiger partial charge on any atom is -0.456 e. The van der Waals surface area contributed by atoms with E-state index in [1.807, 2.05) is 13.0 Å². The van der Waals surface area contributed by atoms with Gasteiger partial charge in [0.25, 0.3) is 0 Å². The number of hydrogen-bond acceptors (Lipinski definition) is 5. The van der Waals surface area contributed by atoms with Gasteiger partial charge in [-0.25, -0.2) is 4.79 Å². The average Bonchev–Trinajstić information content (AvgIpc) is 3.38. The minimum absolute atomic E-state index is 0.0991. The highest BCUT2D eigenvalue weighted by Crippen LogP contribution is 2.71. The van der Waals surface area contributed by atoms with Crippen LogP contribution in [0, 0.1) is 10.8 Å². The molecule has 5 nitrogen and oxygen atoms in total. The lowest BCUT2D eigenvalue weighted by Crippen LogP contribution is -2.63. The van der Waals surface area contributed by atoms with Gasteiger partial charge in [0.15, 0.2) is 0 Å². The van der Waals surface area contributed by atoms with E-state index in [0.29, 0.717) is 6.61 Å². The second-order valence-corrected chi connectivity index (χ2v) is 8.52. The number of carbonyl (C=O) groups excluding carboxylic acids is 1. The molecule has 4 aliphatic rings. The van der Waals surface area contributed by atoms with Gasteiger partial charge in [0.1, 0.15) is 23.9 Å². The highest BCUT2D eigenvalue weighted by Gasteiger charge is 2.84. The summed E-state index contributed by atoms with van der Waals surface area (Å²) in [5, 5.41) is 11.0. The second kappa shape index (κ2) is 5.78. The van der Waals surface area contributed by atoms with Crippen molar-refractivity contribution in [1.82, 2.24) is 0 Å². The number of aliphatic hydroxyl groups is 1. The second-order valence-electron chi connectivity index (χ2n) is 8.52. The Morgan fingerprint density at radius 3 is 2.77 bits per heavy atom. The number of fused-ring (bicyclic) bond motifs is 2. The van der Waals surface area contributed by atoms with Gasteiger partial charge in [-0.3, -0.25) is 0 Å². The van der Waals surface area contributed by atoms with Crippen LogP contribution in [0.4, 0.5) is 0 Å². The molecule has 1 N–H and O–H groups in total. The predicted molar refractivity (Wildman–Crippen MR) is 96.4 cm³/mol. The Morgan fingerprint density at radius 1 is 1.38 bits per heavy atom. The van der Waals surface area contributed by atoms with Crippen molar-refractivity contribution >= 4 is 5.97 Å². The summed E-state index contributed by atoms with van der Waals surface area (Å²) in [6, 6.07) is 0. The van der Waals surface area contributed by atoms with Gasteiger partial charge in [0.2, 0.25) is 0 Å². The van der Waals surface area contributed by atoms with E-state index < -0.39 is 35.3 Å². The summed E-state index contributed by atoms with van der Waals surface area (Å²) in [7, 11) is 0. The molecule has 1 saturated carbocycles. The van der Waals surface area contributed by atoms with Crippen LogP contribution in [-0.2, 0) is 19.0 Å². The molecule has 5 heteroatoms. The number of ether oxygens (including phenoxy) is 3. The zero-order valence-electron chi connectivity index (χ0n) is 15.9. The summed E-state index contributed by atoms with van der Waals surface area (Å²) >= 11 is 0. The number of allylic oxidation sites excluding steroid dienone is 4. The van der Waals surface area contributed by atoms with Gasteiger partial charge in [0, 0.05) is 16.9 Å². The van der Waals surface area contributed by atoms with Gasteiger partial charge in [-0.15, -0.1) is 0 Å². The van der Waals surface area contributed by atoms with Crippen molar-refractivity contribution in [2.24, 2.45) is 10.8 Å². The van der Waals surface area contributed by atoms with Crippen LogP contribution in [0.3, 0.4) is 0 Å². The molecule has 4 rings (SSSR count). The molecule has 1 spiro atoms. The molecule has 26 heavy (non-hydrogen) atoms. The molecule has 0 aromatic heterocycles. The molecule has 0 unspecified atom stereocenters. The largest absolute Gasteiger partial charge is 0.456 e. The van der Waals surface area contributed by atoms with Crippen molar-refractivity contribution < 1.29 is 24.1 Å². The molecule has 0 aromatic rings. The topological polar surface area (TPSA) is 68.3 Å². The molecule has 7 atom stereocenters. The molecule has 0 radical (unpaired) electrons. The van der Waals surface area contributed by atoms with E-state index in [-0.39, 0.29) is 11.5 Å². The molecular formula is C21H28O5. The lowest BCUT2D eigenvalue weighted by molar-refractivity contribution is -0.210. The third-order valence-electron chi connectivity index (χ3n) is 7.34. The van der Waals surface area contributed by atoms with Crippen LogP contribution in [0.25, 0.3) is 0 Å². The van der Waals surface area contributed by atoms with E-state index >= 15 is 0 Å². The summed E-state index contributed by atoms with van der Waals surface area (Å²) in [5.74, 6) is -0.445. The molecule has 2 aliphatic heterocycles. The molecule has 2 saturated heterocycles. The number of aliphatic hydroxyl groups excluding tert-OH is 1. The number of esters is 1. The maximum absolute atomic E-state index is 12.4. The van der Waals surface area contributed by atoms with Gasteiger partial charge in [0.05, 0.1) is 12.7 Å². The maximum atomic E-state index is 12.4. The van der Waals surface area contributed by atoms with Gasteiger partial charge in [-0.05, 0) is 26.7 Å². The Bertz CT molecular complexity index is 703. The third-order valence-corrected chi connectivity index (χ3v) is 7.34. The number of rotatable bonds is 3. The van der Waals surface area contributed by atoms with E-state index in [2.05, 4.69) is 26.8 Å². The minimum atomic E-state index is -0.891. The first kappa shape index (κ1) is 18.0. The van der Waals surface area contributed by atoms with E-state index in [1.165, 1.54) is 11.6 Å². The number of epoxide rings is 1. The average molecular weight is 360 g/mol. The van der Waals surface area contributed by atoms with Crippen molar-refractivity contribution in [2.45, 2.75) is 70.6 Å². The quantitative estimate of drug-likeness (QED) is 0.276. The lowest BCUT2D eigenvalue weighted by Gasteiger charge is -2.57. The normalized spacial score (nSPS) is 49.5. The fourth-order valence-corrected chi connectivity index (χ4v) is 5.48. The molecule has 0 aromatic carbocycles. The van der Waals surface area contributed by atoms with E-state index in [0.717, 1.165) is 12.8 Å². The highest BCUT2D eigenvalue weighted by molar-refractivity contribution is 5.82. The number of hydrogen-bond donors (Lipinski definition) is 1.